The number of carboxylic acid groups (broad SMARTS) is 1. The number of carbonyl (C=O) groups is 1. The number of nitrogens with zero attached hydrogens (tertiary/aromatic N) is 3. The molecule has 0 bridgehead atoms. The summed E-state index contributed by atoms with van der Waals surface area (Å²) in [6.07, 6.45) is 0.0392. The number of aliphatic carboxylic acids is 1. The molecule has 5 heteroatoms. The van der Waals surface area contributed by atoms with Gasteiger partial charge < -0.3 is 14.6 Å². The zero-order valence-electron chi connectivity index (χ0n) is 13.1. The topological polar surface area (TPSA) is 58.4 Å². The number of imidazole rings is 1. The standard InChI is InChI=1S/C16H23N3O2/c1-11(2)16-17-13-9-12(10-15(20)21)5-6-14(13)19(16)8-7-18(3)4/h5-6,9,11H,7-8,10H2,1-4H3,(H,20,21). The lowest BCUT2D eigenvalue weighted by Gasteiger charge is -2.14. The van der Waals surface area contributed by atoms with E-state index in [1.165, 1.54) is 0 Å². The van der Waals surface area contributed by atoms with Gasteiger partial charge in [-0.15, -0.1) is 0 Å². The Labute approximate surface area is 125 Å². The molecule has 0 radical (unpaired) electrons. The maximum atomic E-state index is 10.8. The first kappa shape index (κ1) is 15.5. The van der Waals surface area contributed by atoms with Crippen LogP contribution in [0.4, 0.5) is 0 Å². The van der Waals surface area contributed by atoms with Crippen molar-refractivity contribution in [3.63, 3.8) is 0 Å². The summed E-state index contributed by atoms with van der Waals surface area (Å²) in [5.74, 6) is 0.576. The molecule has 0 aliphatic heterocycles. The normalized spacial score (nSPS) is 11.7. The van der Waals surface area contributed by atoms with Crippen LogP contribution in [0.3, 0.4) is 0 Å². The van der Waals surface area contributed by atoms with Gasteiger partial charge in [0, 0.05) is 19.0 Å². The van der Waals surface area contributed by atoms with E-state index in [1.54, 1.807) is 0 Å². The van der Waals surface area contributed by atoms with Gasteiger partial charge in [0.1, 0.15) is 5.82 Å². The predicted molar refractivity (Wildman–Crippen MR) is 83.7 cm³/mol. The summed E-state index contributed by atoms with van der Waals surface area (Å²) in [6.45, 7) is 6.09. The molecule has 0 aliphatic carbocycles. The van der Waals surface area contributed by atoms with Crippen molar-refractivity contribution >= 4 is 17.0 Å². The third-order valence-corrected chi connectivity index (χ3v) is 3.48. The van der Waals surface area contributed by atoms with Crippen molar-refractivity contribution in [1.29, 1.82) is 0 Å². The number of hydrogen-bond donors (Lipinski definition) is 1. The summed E-state index contributed by atoms with van der Waals surface area (Å²) in [4.78, 5) is 17.7. The second kappa shape index (κ2) is 6.26. The zero-order chi connectivity index (χ0) is 15.6. The van der Waals surface area contributed by atoms with Gasteiger partial charge in [-0.2, -0.15) is 0 Å². The van der Waals surface area contributed by atoms with Crippen molar-refractivity contribution < 1.29 is 9.90 Å². The van der Waals surface area contributed by atoms with Gasteiger partial charge in [0.2, 0.25) is 0 Å². The van der Waals surface area contributed by atoms with E-state index in [2.05, 4.69) is 37.4 Å². The van der Waals surface area contributed by atoms with Gasteiger partial charge >= 0.3 is 5.97 Å². The minimum atomic E-state index is -0.814. The first-order chi connectivity index (χ1) is 9.88. The summed E-state index contributed by atoms with van der Waals surface area (Å²) in [7, 11) is 4.11. The molecule has 0 atom stereocenters. The van der Waals surface area contributed by atoms with Crippen molar-refractivity contribution in [1.82, 2.24) is 14.5 Å². The Bertz CT molecular complexity index is 644. The first-order valence-corrected chi connectivity index (χ1v) is 7.24. The number of hydrogen-bond acceptors (Lipinski definition) is 3. The van der Waals surface area contributed by atoms with Crippen LogP contribution < -0.4 is 0 Å². The molecule has 114 valence electrons. The van der Waals surface area contributed by atoms with Crippen LogP contribution in [0, 0.1) is 0 Å². The van der Waals surface area contributed by atoms with Crippen LogP contribution in [0.5, 0.6) is 0 Å². The summed E-state index contributed by atoms with van der Waals surface area (Å²) < 4.78 is 2.24. The highest BCUT2D eigenvalue weighted by Crippen LogP contribution is 2.23. The lowest BCUT2D eigenvalue weighted by atomic mass is 10.1. The van der Waals surface area contributed by atoms with E-state index >= 15 is 0 Å². The molecule has 2 rings (SSSR count). The molecule has 1 aromatic carbocycles. The number of aromatic nitrogens is 2. The van der Waals surface area contributed by atoms with Crippen molar-refractivity contribution in [3.05, 3.63) is 29.6 Å². The first-order valence-electron chi connectivity index (χ1n) is 7.24. The fourth-order valence-electron chi connectivity index (χ4n) is 2.45. The number of carboxylic acids is 1. The molecule has 0 saturated heterocycles. The molecule has 2 aromatic rings. The number of rotatable bonds is 6. The van der Waals surface area contributed by atoms with Crippen LogP contribution in [0.1, 0.15) is 31.2 Å². The van der Waals surface area contributed by atoms with Crippen molar-refractivity contribution in [3.8, 4) is 0 Å². The quantitative estimate of drug-likeness (QED) is 0.887. The van der Waals surface area contributed by atoms with Crippen LogP contribution in [-0.4, -0.2) is 46.2 Å². The number of likely N-dealkylation sites (N-methyl/N-ethyl adjacent to an activating group) is 1. The third kappa shape index (κ3) is 3.61. The van der Waals surface area contributed by atoms with Gasteiger partial charge in [0.25, 0.3) is 0 Å². The summed E-state index contributed by atoms with van der Waals surface area (Å²) in [5, 5.41) is 8.90. The average molecular weight is 289 g/mol. The maximum absolute atomic E-state index is 10.8. The number of fused-ring (bicyclic) bond motifs is 1. The van der Waals surface area contributed by atoms with E-state index in [4.69, 9.17) is 10.1 Å². The van der Waals surface area contributed by atoms with Gasteiger partial charge in [-0.3, -0.25) is 4.79 Å². The molecule has 0 fully saturated rings. The molecule has 21 heavy (non-hydrogen) atoms. The molecule has 0 amide bonds. The lowest BCUT2D eigenvalue weighted by molar-refractivity contribution is -0.136. The van der Waals surface area contributed by atoms with Crippen molar-refractivity contribution in [2.75, 3.05) is 20.6 Å². The molecule has 1 N–H and O–H groups in total. The SMILES string of the molecule is CC(C)c1nc2cc(CC(=O)O)ccc2n1CCN(C)C. The zero-order valence-corrected chi connectivity index (χ0v) is 13.1. The van der Waals surface area contributed by atoms with Crippen LogP contribution in [-0.2, 0) is 17.8 Å². The van der Waals surface area contributed by atoms with E-state index in [-0.39, 0.29) is 6.42 Å². The lowest BCUT2D eigenvalue weighted by Crippen LogP contribution is -2.19. The van der Waals surface area contributed by atoms with Crippen molar-refractivity contribution in [2.24, 2.45) is 0 Å². The van der Waals surface area contributed by atoms with E-state index < -0.39 is 5.97 Å². The molecule has 1 aromatic heterocycles. The molecule has 5 nitrogen and oxygen atoms in total. The minimum absolute atomic E-state index is 0.0392. The van der Waals surface area contributed by atoms with Gasteiger partial charge in [-0.05, 0) is 31.8 Å². The fraction of sp³-hybridized carbons (Fsp3) is 0.500. The van der Waals surface area contributed by atoms with Crippen LogP contribution in [0.25, 0.3) is 11.0 Å². The highest BCUT2D eigenvalue weighted by Gasteiger charge is 2.14. The Hall–Kier alpha value is -1.88. The third-order valence-electron chi connectivity index (χ3n) is 3.48. The fourth-order valence-corrected chi connectivity index (χ4v) is 2.45. The Kier molecular flexibility index (Phi) is 4.63. The Morgan fingerprint density at radius 3 is 2.67 bits per heavy atom. The van der Waals surface area contributed by atoms with Crippen molar-refractivity contribution in [2.45, 2.75) is 32.7 Å². The predicted octanol–water partition coefficient (Wildman–Crippen LogP) is 2.35. The van der Waals surface area contributed by atoms with Gasteiger partial charge in [0.05, 0.1) is 17.5 Å². The molecule has 0 saturated carbocycles. The highest BCUT2D eigenvalue weighted by atomic mass is 16.4. The van der Waals surface area contributed by atoms with E-state index in [0.29, 0.717) is 5.92 Å². The van der Waals surface area contributed by atoms with E-state index in [1.807, 2.05) is 18.2 Å². The minimum Gasteiger partial charge on any atom is -0.481 e. The average Bonchev–Trinajstić information content (AvgIpc) is 2.73. The maximum Gasteiger partial charge on any atom is 0.307 e. The van der Waals surface area contributed by atoms with Gasteiger partial charge in [0.15, 0.2) is 0 Å². The molecular weight excluding hydrogens is 266 g/mol. The van der Waals surface area contributed by atoms with E-state index in [9.17, 15) is 4.79 Å². The monoisotopic (exact) mass is 289 g/mol. The Morgan fingerprint density at radius 1 is 1.38 bits per heavy atom. The summed E-state index contributed by atoms with van der Waals surface area (Å²) in [5.41, 5.74) is 2.76. The van der Waals surface area contributed by atoms with Gasteiger partial charge in [-0.1, -0.05) is 19.9 Å². The molecule has 0 spiro atoms. The Balaban J connectivity index is 2.44. The largest absolute Gasteiger partial charge is 0.481 e. The van der Waals surface area contributed by atoms with E-state index in [0.717, 1.165) is 35.5 Å². The Morgan fingerprint density at radius 2 is 2.10 bits per heavy atom. The molecule has 0 unspecified atom stereocenters. The summed E-state index contributed by atoms with van der Waals surface area (Å²) in [6, 6.07) is 5.76. The van der Waals surface area contributed by atoms with Crippen LogP contribution in [0.2, 0.25) is 0 Å². The molecule has 1 heterocycles. The summed E-state index contributed by atoms with van der Waals surface area (Å²) >= 11 is 0. The van der Waals surface area contributed by atoms with Gasteiger partial charge in [-0.25, -0.2) is 4.98 Å². The number of benzene rings is 1. The molecule has 0 aliphatic rings. The molecular formula is C16H23N3O2. The van der Waals surface area contributed by atoms with Crippen LogP contribution in [0.15, 0.2) is 18.2 Å². The highest BCUT2D eigenvalue weighted by molar-refractivity contribution is 5.79. The van der Waals surface area contributed by atoms with Crippen LogP contribution >= 0.6 is 0 Å². The second-order valence-electron chi connectivity index (χ2n) is 5.97. The smallest absolute Gasteiger partial charge is 0.307 e. The second-order valence-corrected chi connectivity index (χ2v) is 5.97.